The predicted molar refractivity (Wildman–Crippen MR) is 51.9 cm³/mol. The molecule has 0 aliphatic heterocycles. The Kier molecular flexibility index (Phi) is 3.98. The number of hydrogen-bond acceptors (Lipinski definition) is 2. The molecule has 1 aromatic rings. The zero-order chi connectivity index (χ0) is 11.5. The third-order valence-corrected chi connectivity index (χ3v) is 2.85. The van der Waals surface area contributed by atoms with Crippen LogP contribution in [-0.2, 0) is 17.5 Å². The molecule has 0 aromatic carbocycles. The standard InChI is InChI=1S/C8H7ClF3NOS/c9-3-6(14)13-4-5-1-2-15-7(5)8(10,11)12/h1-2H,3-4H2,(H,13,14). The Morgan fingerprint density at radius 3 is 2.73 bits per heavy atom. The Labute approximate surface area is 93.0 Å². The van der Waals surface area contributed by atoms with Crippen molar-refractivity contribution in [1.29, 1.82) is 0 Å². The highest BCUT2D eigenvalue weighted by Crippen LogP contribution is 2.35. The van der Waals surface area contributed by atoms with Gasteiger partial charge in [0.1, 0.15) is 10.8 Å². The van der Waals surface area contributed by atoms with Gasteiger partial charge >= 0.3 is 6.18 Å². The summed E-state index contributed by atoms with van der Waals surface area (Å²) in [5.74, 6) is -0.748. The molecule has 1 aromatic heterocycles. The summed E-state index contributed by atoms with van der Waals surface area (Å²) < 4.78 is 37.1. The van der Waals surface area contributed by atoms with Crippen molar-refractivity contribution in [3.63, 3.8) is 0 Å². The molecule has 0 bridgehead atoms. The van der Waals surface area contributed by atoms with Gasteiger partial charge in [-0.2, -0.15) is 13.2 Å². The number of carbonyl (C=O) groups is 1. The molecule has 0 unspecified atom stereocenters. The van der Waals surface area contributed by atoms with E-state index in [0.29, 0.717) is 11.3 Å². The van der Waals surface area contributed by atoms with Gasteiger partial charge in [-0.25, -0.2) is 0 Å². The van der Waals surface area contributed by atoms with E-state index in [2.05, 4.69) is 5.32 Å². The second kappa shape index (κ2) is 4.85. The van der Waals surface area contributed by atoms with Crippen molar-refractivity contribution in [2.75, 3.05) is 5.88 Å². The van der Waals surface area contributed by atoms with Crippen LogP contribution in [0, 0.1) is 0 Å². The first kappa shape index (κ1) is 12.3. The van der Waals surface area contributed by atoms with E-state index >= 15 is 0 Å². The summed E-state index contributed by atoms with van der Waals surface area (Å²) >= 11 is 5.80. The van der Waals surface area contributed by atoms with Crippen molar-refractivity contribution in [2.45, 2.75) is 12.7 Å². The van der Waals surface area contributed by atoms with Crippen LogP contribution in [0.2, 0.25) is 0 Å². The SMILES string of the molecule is O=C(CCl)NCc1ccsc1C(F)(F)F. The summed E-state index contributed by atoms with van der Waals surface area (Å²) in [4.78, 5) is 10.1. The van der Waals surface area contributed by atoms with Crippen LogP contribution < -0.4 is 5.32 Å². The fraction of sp³-hybridized carbons (Fsp3) is 0.375. The molecule has 1 rings (SSSR count). The topological polar surface area (TPSA) is 29.1 Å². The summed E-state index contributed by atoms with van der Waals surface area (Å²) in [6.07, 6.45) is -4.37. The largest absolute Gasteiger partial charge is 0.425 e. The number of rotatable bonds is 3. The Morgan fingerprint density at radius 2 is 2.20 bits per heavy atom. The number of nitrogens with one attached hydrogen (secondary N) is 1. The second-order valence-electron chi connectivity index (χ2n) is 2.68. The van der Waals surface area contributed by atoms with Crippen LogP contribution in [0.1, 0.15) is 10.4 Å². The van der Waals surface area contributed by atoms with E-state index in [0.717, 1.165) is 0 Å². The molecule has 0 atom stereocenters. The predicted octanol–water partition coefficient (Wildman–Crippen LogP) is 2.62. The van der Waals surface area contributed by atoms with Gasteiger partial charge in [0.05, 0.1) is 0 Å². The minimum Gasteiger partial charge on any atom is -0.351 e. The lowest BCUT2D eigenvalue weighted by molar-refractivity contribution is -0.135. The van der Waals surface area contributed by atoms with Gasteiger partial charge in [0.2, 0.25) is 5.91 Å². The van der Waals surface area contributed by atoms with Crippen molar-refractivity contribution in [1.82, 2.24) is 5.32 Å². The van der Waals surface area contributed by atoms with Crippen LogP contribution in [0.5, 0.6) is 0 Å². The fourth-order valence-corrected chi connectivity index (χ4v) is 1.85. The quantitative estimate of drug-likeness (QED) is 0.829. The number of alkyl halides is 4. The van der Waals surface area contributed by atoms with Crippen LogP contribution in [0.15, 0.2) is 11.4 Å². The normalized spacial score (nSPS) is 11.5. The van der Waals surface area contributed by atoms with Gasteiger partial charge in [-0.1, -0.05) is 0 Å². The van der Waals surface area contributed by atoms with Gasteiger partial charge in [0, 0.05) is 6.54 Å². The van der Waals surface area contributed by atoms with Crippen LogP contribution in [-0.4, -0.2) is 11.8 Å². The Hall–Kier alpha value is -0.750. The zero-order valence-electron chi connectivity index (χ0n) is 7.40. The maximum atomic E-state index is 12.4. The van der Waals surface area contributed by atoms with E-state index < -0.39 is 17.0 Å². The number of carbonyl (C=O) groups excluding carboxylic acids is 1. The lowest BCUT2D eigenvalue weighted by atomic mass is 10.2. The van der Waals surface area contributed by atoms with E-state index in [9.17, 15) is 18.0 Å². The Balaban J connectivity index is 2.70. The van der Waals surface area contributed by atoms with Crippen LogP contribution in [0.25, 0.3) is 0 Å². The van der Waals surface area contributed by atoms with Gasteiger partial charge in [-0.15, -0.1) is 22.9 Å². The van der Waals surface area contributed by atoms with E-state index in [4.69, 9.17) is 11.6 Å². The molecule has 0 aliphatic rings. The van der Waals surface area contributed by atoms with Gasteiger partial charge in [0.25, 0.3) is 0 Å². The van der Waals surface area contributed by atoms with Crippen molar-refractivity contribution in [3.8, 4) is 0 Å². The molecular weight excluding hydrogens is 251 g/mol. The van der Waals surface area contributed by atoms with Gasteiger partial charge in [0.15, 0.2) is 0 Å². The lowest BCUT2D eigenvalue weighted by Crippen LogP contribution is -2.24. The van der Waals surface area contributed by atoms with Crippen LogP contribution in [0.4, 0.5) is 13.2 Å². The second-order valence-corrected chi connectivity index (χ2v) is 3.87. The minimum absolute atomic E-state index is 0.0611. The Bertz CT molecular complexity index is 350. The summed E-state index contributed by atoms with van der Waals surface area (Å²) in [6, 6.07) is 1.34. The smallest absolute Gasteiger partial charge is 0.351 e. The molecule has 0 saturated carbocycles. The number of halogens is 4. The first-order valence-electron chi connectivity index (χ1n) is 3.91. The molecule has 1 amide bonds. The van der Waals surface area contributed by atoms with E-state index in [1.807, 2.05) is 0 Å². The van der Waals surface area contributed by atoms with Crippen LogP contribution in [0.3, 0.4) is 0 Å². The molecule has 15 heavy (non-hydrogen) atoms. The highest BCUT2D eigenvalue weighted by Gasteiger charge is 2.34. The molecule has 2 nitrogen and oxygen atoms in total. The molecule has 0 aliphatic carbocycles. The fourth-order valence-electron chi connectivity index (χ4n) is 0.965. The van der Waals surface area contributed by atoms with Gasteiger partial charge < -0.3 is 5.32 Å². The maximum absolute atomic E-state index is 12.4. The molecule has 1 heterocycles. The summed E-state index contributed by atoms with van der Waals surface area (Å²) in [5, 5.41) is 3.62. The average Bonchev–Trinajstić information content (AvgIpc) is 2.61. The molecule has 0 spiro atoms. The minimum atomic E-state index is -4.37. The van der Waals surface area contributed by atoms with Gasteiger partial charge in [-0.3, -0.25) is 4.79 Å². The first-order valence-corrected chi connectivity index (χ1v) is 5.33. The zero-order valence-corrected chi connectivity index (χ0v) is 8.97. The van der Waals surface area contributed by atoms with Gasteiger partial charge in [-0.05, 0) is 17.0 Å². The number of amides is 1. The van der Waals surface area contributed by atoms with Crippen molar-refractivity contribution >= 4 is 28.8 Å². The summed E-state index contributed by atoms with van der Waals surface area (Å²) in [7, 11) is 0. The molecule has 0 fully saturated rings. The molecule has 0 saturated heterocycles. The molecule has 84 valence electrons. The number of hydrogen-bond donors (Lipinski definition) is 1. The molecule has 1 N–H and O–H groups in total. The highest BCUT2D eigenvalue weighted by molar-refractivity contribution is 7.10. The molecular formula is C8H7ClF3NOS. The van der Waals surface area contributed by atoms with Crippen molar-refractivity contribution in [3.05, 3.63) is 21.9 Å². The average molecular weight is 258 g/mol. The summed E-state index contributed by atoms with van der Waals surface area (Å²) in [5.41, 5.74) is 0.0611. The van der Waals surface area contributed by atoms with Crippen molar-refractivity contribution < 1.29 is 18.0 Å². The summed E-state index contributed by atoms with van der Waals surface area (Å²) in [6.45, 7) is -0.149. The highest BCUT2D eigenvalue weighted by atomic mass is 35.5. The van der Waals surface area contributed by atoms with E-state index in [1.54, 1.807) is 0 Å². The van der Waals surface area contributed by atoms with Crippen molar-refractivity contribution in [2.24, 2.45) is 0 Å². The third-order valence-electron chi connectivity index (χ3n) is 1.60. The van der Waals surface area contributed by atoms with E-state index in [1.165, 1.54) is 11.4 Å². The lowest BCUT2D eigenvalue weighted by Gasteiger charge is -2.07. The Morgan fingerprint density at radius 1 is 1.53 bits per heavy atom. The monoisotopic (exact) mass is 257 g/mol. The first-order chi connectivity index (χ1) is 6.95. The third kappa shape index (κ3) is 3.39. The van der Waals surface area contributed by atoms with E-state index in [-0.39, 0.29) is 18.0 Å². The number of thiophene rings is 1. The molecule has 0 radical (unpaired) electrons. The maximum Gasteiger partial charge on any atom is 0.425 e. The van der Waals surface area contributed by atoms with Crippen LogP contribution >= 0.6 is 22.9 Å². The molecule has 7 heteroatoms.